The molecule has 1 atom stereocenters. The van der Waals surface area contributed by atoms with Gasteiger partial charge in [0.15, 0.2) is 0 Å². The third-order valence-corrected chi connectivity index (χ3v) is 6.59. The predicted molar refractivity (Wildman–Crippen MR) is 161 cm³/mol. The number of fused-ring (bicyclic) bond motifs is 1. The number of nitrogens with one attached hydrogen (secondary N) is 1. The van der Waals surface area contributed by atoms with Crippen molar-refractivity contribution in [2.24, 2.45) is 18.1 Å². The lowest BCUT2D eigenvalue weighted by Gasteiger charge is -2.16. The van der Waals surface area contributed by atoms with Crippen LogP contribution in [0.1, 0.15) is 65.4 Å². The average molecular weight is 531 g/mol. The van der Waals surface area contributed by atoms with Gasteiger partial charge in [-0.15, -0.1) is 12.8 Å². The van der Waals surface area contributed by atoms with Crippen molar-refractivity contribution >= 4 is 29.4 Å². The topological polar surface area (TPSA) is 91.4 Å². The summed E-state index contributed by atoms with van der Waals surface area (Å²) in [4.78, 5) is 16.8. The third-order valence-electron chi connectivity index (χ3n) is 6.59. The number of unbranched alkanes of at least 4 members (excludes halogenated alkanes) is 2. The van der Waals surface area contributed by atoms with Gasteiger partial charge in [-0.1, -0.05) is 59.8 Å². The van der Waals surface area contributed by atoms with Crippen molar-refractivity contribution in [2.45, 2.75) is 66.2 Å². The molecule has 0 amide bonds. The van der Waals surface area contributed by atoms with E-state index in [4.69, 9.17) is 9.47 Å². The summed E-state index contributed by atoms with van der Waals surface area (Å²) in [5, 5.41) is 8.63. The largest absolute Gasteiger partial charge is 0.496 e. The number of hydrogen-bond donors (Lipinski definition) is 3. The second-order valence-electron chi connectivity index (χ2n) is 9.05. The molecule has 3 N–H and O–H groups in total. The molecule has 0 fully saturated rings. The quantitative estimate of drug-likeness (QED) is 0.201. The van der Waals surface area contributed by atoms with Gasteiger partial charge in [-0.2, -0.15) is 0 Å². The fourth-order valence-electron chi connectivity index (χ4n) is 4.16. The number of nitrogens with two attached hydrogens (primary N) is 1. The zero-order valence-electron chi connectivity index (χ0n) is 23.9. The van der Waals surface area contributed by atoms with E-state index in [1.54, 1.807) is 39.1 Å². The van der Waals surface area contributed by atoms with Gasteiger partial charge >= 0.3 is 0 Å². The summed E-state index contributed by atoms with van der Waals surface area (Å²) in [7, 11) is 6.85. The number of benzene rings is 1. The highest BCUT2D eigenvalue weighted by molar-refractivity contribution is 7.77. The van der Waals surface area contributed by atoms with Crippen LogP contribution >= 0.6 is 12.8 Å². The molecule has 0 saturated carbocycles. The lowest BCUT2D eigenvalue weighted by molar-refractivity contribution is 0.386. The van der Waals surface area contributed by atoms with Gasteiger partial charge in [0.05, 0.1) is 19.6 Å². The van der Waals surface area contributed by atoms with E-state index in [9.17, 15) is 4.79 Å². The van der Waals surface area contributed by atoms with Gasteiger partial charge < -0.3 is 19.4 Å². The van der Waals surface area contributed by atoms with Gasteiger partial charge in [-0.05, 0) is 36.1 Å². The van der Waals surface area contributed by atoms with Crippen LogP contribution in [0.2, 0.25) is 0 Å². The van der Waals surface area contributed by atoms with Crippen LogP contribution in [0.4, 0.5) is 5.82 Å². The van der Waals surface area contributed by atoms with Crippen molar-refractivity contribution in [3.05, 3.63) is 46.5 Å². The Kier molecular flexibility index (Phi) is 14.8. The molecular formula is C29H46N4O3S. The van der Waals surface area contributed by atoms with Crippen LogP contribution in [-0.2, 0) is 13.5 Å². The number of hydrogen-bond acceptors (Lipinski definition) is 7. The Morgan fingerprint density at radius 3 is 2.16 bits per heavy atom. The monoisotopic (exact) mass is 530 g/mol. The Bertz CT molecular complexity index is 1140. The summed E-state index contributed by atoms with van der Waals surface area (Å²) in [6, 6.07) is 5.86. The molecule has 3 aromatic rings. The maximum Gasteiger partial charge on any atom is 0.259 e. The molecule has 1 unspecified atom stereocenters. The zero-order chi connectivity index (χ0) is 28.0. The lowest BCUT2D eigenvalue weighted by Crippen LogP contribution is -2.17. The summed E-state index contributed by atoms with van der Waals surface area (Å²) in [6.07, 6.45) is 11.3. The molecule has 7 nitrogen and oxygen atoms in total. The van der Waals surface area contributed by atoms with Crippen molar-refractivity contribution < 1.29 is 9.47 Å². The molecule has 0 aliphatic rings. The number of rotatable bonds is 10. The van der Waals surface area contributed by atoms with Crippen molar-refractivity contribution in [2.75, 3.05) is 26.6 Å². The number of pyridine rings is 2. The molecule has 2 heterocycles. The predicted octanol–water partition coefficient (Wildman–Crippen LogP) is 6.62. The summed E-state index contributed by atoms with van der Waals surface area (Å²) in [5.41, 5.74) is 2.78. The first-order chi connectivity index (χ1) is 17.8. The maximum absolute atomic E-state index is 12.5. The molecule has 2 aromatic heterocycles. The van der Waals surface area contributed by atoms with Crippen LogP contribution in [0.25, 0.3) is 21.9 Å². The summed E-state index contributed by atoms with van der Waals surface area (Å²) < 4.78 is 12.7. The van der Waals surface area contributed by atoms with Crippen LogP contribution in [0, 0.1) is 5.92 Å². The first-order valence-electron chi connectivity index (χ1n) is 13.0. The number of methoxy groups -OCH3 is 2. The molecule has 0 saturated heterocycles. The minimum atomic E-state index is -0.0805. The molecule has 8 heteroatoms. The standard InChI is InChI=1S/C20H23N3O3.C9H20.H3NS/c1-6-13-17(25-4)7-12(8-18(13)26-5)16-11-23(3)20(24)15-10-22-19(21-2)9-14(15)16;1-4-6-7-8-9(3)5-2;1-2/h7-11H,6H2,1-5H3,(H,21,22);9H,4-8H2,1-3H3;2H,1H2. The highest BCUT2D eigenvalue weighted by Gasteiger charge is 2.16. The number of thiol groups is 1. The van der Waals surface area contributed by atoms with E-state index in [1.807, 2.05) is 24.4 Å². The first kappa shape index (κ1) is 32.3. The summed E-state index contributed by atoms with van der Waals surface area (Å²) in [5.74, 6) is 3.20. The molecule has 0 aliphatic carbocycles. The Morgan fingerprint density at radius 2 is 1.68 bits per heavy atom. The van der Waals surface area contributed by atoms with E-state index < -0.39 is 0 Å². The normalized spacial score (nSPS) is 11.1. The number of aromatic nitrogens is 2. The molecule has 0 radical (unpaired) electrons. The summed E-state index contributed by atoms with van der Waals surface area (Å²) >= 11 is 3.03. The Morgan fingerprint density at radius 1 is 1.05 bits per heavy atom. The van der Waals surface area contributed by atoms with E-state index in [0.29, 0.717) is 11.2 Å². The highest BCUT2D eigenvalue weighted by atomic mass is 32.1. The average Bonchev–Trinajstić information content (AvgIpc) is 2.95. The maximum atomic E-state index is 12.5. The number of ether oxygens (including phenoxy) is 2. The Labute approximate surface area is 228 Å². The minimum absolute atomic E-state index is 0.0805. The first-order valence-corrected chi connectivity index (χ1v) is 13.5. The molecule has 0 aliphatic heterocycles. The molecule has 0 bridgehead atoms. The van der Waals surface area contributed by atoms with Crippen molar-refractivity contribution in [1.29, 1.82) is 0 Å². The number of aryl methyl sites for hydroxylation is 1. The minimum Gasteiger partial charge on any atom is -0.496 e. The third kappa shape index (κ3) is 8.68. The van der Waals surface area contributed by atoms with Gasteiger partial charge in [-0.3, -0.25) is 9.93 Å². The number of nitrogens with zero attached hydrogens (tertiary/aromatic N) is 2. The molecule has 37 heavy (non-hydrogen) atoms. The second-order valence-corrected chi connectivity index (χ2v) is 9.05. The van der Waals surface area contributed by atoms with Crippen LogP contribution < -0.4 is 25.5 Å². The van der Waals surface area contributed by atoms with Crippen LogP contribution in [0.15, 0.2) is 35.4 Å². The van der Waals surface area contributed by atoms with Gasteiger partial charge in [-0.25, -0.2) is 4.98 Å². The number of anilines is 1. The Balaban J connectivity index is 0.000000529. The molecule has 3 rings (SSSR count). The van der Waals surface area contributed by atoms with E-state index in [2.05, 4.69) is 55.9 Å². The fraction of sp³-hybridized carbons (Fsp3) is 0.517. The van der Waals surface area contributed by atoms with Crippen LogP contribution in [0.3, 0.4) is 0 Å². The van der Waals surface area contributed by atoms with E-state index in [-0.39, 0.29) is 5.56 Å². The second kappa shape index (κ2) is 16.9. The van der Waals surface area contributed by atoms with Crippen molar-refractivity contribution in [1.82, 2.24) is 9.55 Å². The molecule has 0 spiro atoms. The van der Waals surface area contributed by atoms with Gasteiger partial charge in [0.25, 0.3) is 5.56 Å². The smallest absolute Gasteiger partial charge is 0.259 e. The molecular weight excluding hydrogens is 484 g/mol. The van der Waals surface area contributed by atoms with Crippen molar-refractivity contribution in [3.63, 3.8) is 0 Å². The van der Waals surface area contributed by atoms with E-state index in [0.717, 1.165) is 45.9 Å². The zero-order valence-corrected chi connectivity index (χ0v) is 24.7. The van der Waals surface area contributed by atoms with Crippen molar-refractivity contribution in [3.8, 4) is 22.6 Å². The highest BCUT2D eigenvalue weighted by Crippen LogP contribution is 2.37. The van der Waals surface area contributed by atoms with Crippen LogP contribution in [0.5, 0.6) is 11.5 Å². The molecule has 1 aromatic carbocycles. The van der Waals surface area contributed by atoms with Crippen LogP contribution in [-0.4, -0.2) is 30.8 Å². The van der Waals surface area contributed by atoms with Gasteiger partial charge in [0, 0.05) is 43.0 Å². The lowest BCUT2D eigenvalue weighted by atomic mass is 9.98. The van der Waals surface area contributed by atoms with E-state index in [1.165, 1.54) is 32.1 Å². The SMILES string of the molecule is CCCCCC(C)CC.CCc1c(OC)cc(-c2cn(C)c(=O)c3cnc(NC)cc23)cc1OC.NS. The molecule has 206 valence electrons. The van der Waals surface area contributed by atoms with Gasteiger partial charge in [0.1, 0.15) is 17.3 Å². The Hall–Kier alpha value is -2.71. The van der Waals surface area contributed by atoms with Gasteiger partial charge in [0.2, 0.25) is 0 Å². The fourth-order valence-corrected chi connectivity index (χ4v) is 4.16. The van der Waals surface area contributed by atoms with E-state index >= 15 is 0 Å². The summed E-state index contributed by atoms with van der Waals surface area (Å²) in [6.45, 7) is 8.94.